The van der Waals surface area contributed by atoms with Gasteiger partial charge in [0.15, 0.2) is 5.78 Å². The minimum absolute atomic E-state index is 0.0558. The molecule has 1 amide bonds. The van der Waals surface area contributed by atoms with E-state index in [4.69, 9.17) is 0 Å². The molecule has 7 rings (SSSR count). The second-order valence-electron chi connectivity index (χ2n) is 11.1. The van der Waals surface area contributed by atoms with Gasteiger partial charge in [-0.1, -0.05) is 25.3 Å². The van der Waals surface area contributed by atoms with E-state index in [2.05, 4.69) is 42.6 Å². The van der Waals surface area contributed by atoms with Crippen LogP contribution in [0.4, 0.5) is 5.69 Å². The van der Waals surface area contributed by atoms with Crippen molar-refractivity contribution in [2.75, 3.05) is 5.32 Å². The predicted octanol–water partition coefficient (Wildman–Crippen LogP) is 8.01. The van der Waals surface area contributed by atoms with E-state index in [-0.39, 0.29) is 11.7 Å². The van der Waals surface area contributed by atoms with E-state index in [9.17, 15) is 9.59 Å². The van der Waals surface area contributed by atoms with E-state index in [0.717, 1.165) is 72.6 Å². The molecule has 0 saturated heterocycles. The number of H-pyrrole nitrogens is 2. The molecular weight excluding hydrogens is 544 g/mol. The normalized spacial score (nSPS) is 14.0. The fourth-order valence-electron chi connectivity index (χ4n) is 5.97. The summed E-state index contributed by atoms with van der Waals surface area (Å²) in [6.07, 6.45) is 11.9. The van der Waals surface area contributed by atoms with Gasteiger partial charge in [0.2, 0.25) is 5.91 Å². The van der Waals surface area contributed by atoms with E-state index < -0.39 is 0 Å². The van der Waals surface area contributed by atoms with Crippen LogP contribution in [0, 0.1) is 5.92 Å². The van der Waals surface area contributed by atoms with Crippen LogP contribution in [0.5, 0.6) is 0 Å². The molecule has 0 aliphatic heterocycles. The lowest BCUT2D eigenvalue weighted by Crippen LogP contribution is -2.18. The number of nitrogens with zero attached hydrogens (tertiary/aromatic N) is 3. The van der Waals surface area contributed by atoms with Crippen LogP contribution < -0.4 is 5.32 Å². The molecule has 42 heavy (non-hydrogen) atoms. The van der Waals surface area contributed by atoms with Crippen molar-refractivity contribution >= 4 is 50.7 Å². The monoisotopic (exact) mass is 574 g/mol. The van der Waals surface area contributed by atoms with Gasteiger partial charge in [-0.05, 0) is 73.7 Å². The second-order valence-corrected chi connectivity index (χ2v) is 12.2. The fourth-order valence-corrected chi connectivity index (χ4v) is 6.91. The molecule has 9 heteroatoms. The number of fused-ring (bicyclic) bond motifs is 2. The number of hydrogen-bond acceptors (Lipinski definition) is 6. The molecule has 0 radical (unpaired) electrons. The summed E-state index contributed by atoms with van der Waals surface area (Å²) >= 11 is 1.49. The zero-order chi connectivity index (χ0) is 28.6. The van der Waals surface area contributed by atoms with Crippen LogP contribution in [0.2, 0.25) is 0 Å². The lowest BCUT2D eigenvalue weighted by atomic mass is 9.87. The number of benzene rings is 1. The van der Waals surface area contributed by atoms with Crippen molar-refractivity contribution in [1.82, 2.24) is 25.1 Å². The number of Topliss-reactive ketones (excluding diaryl/α,β-unsaturated/α-hetero) is 1. The SMILES string of the molecule is CC(=O)c1ccc(-c2ccnc3[nH]c(-c4n[nH]c5ccc(-c6cncc(NC(=O)CC7CCCCC7)c6)cc45)cc23)s1. The first-order chi connectivity index (χ1) is 20.5. The van der Waals surface area contributed by atoms with Gasteiger partial charge in [0.25, 0.3) is 0 Å². The highest BCUT2D eigenvalue weighted by Crippen LogP contribution is 2.37. The van der Waals surface area contributed by atoms with Crippen LogP contribution in [-0.4, -0.2) is 36.8 Å². The first-order valence-electron chi connectivity index (χ1n) is 14.3. The smallest absolute Gasteiger partial charge is 0.224 e. The number of carbonyl (C=O) groups is 2. The van der Waals surface area contributed by atoms with E-state index >= 15 is 0 Å². The van der Waals surface area contributed by atoms with Crippen molar-refractivity contribution < 1.29 is 9.59 Å². The molecule has 3 N–H and O–H groups in total. The van der Waals surface area contributed by atoms with Gasteiger partial charge in [0.1, 0.15) is 11.3 Å². The maximum atomic E-state index is 12.7. The third-order valence-electron chi connectivity index (χ3n) is 8.12. The van der Waals surface area contributed by atoms with Gasteiger partial charge in [-0.2, -0.15) is 5.10 Å². The second kappa shape index (κ2) is 11.0. The summed E-state index contributed by atoms with van der Waals surface area (Å²) < 4.78 is 0. The van der Waals surface area contributed by atoms with Gasteiger partial charge in [-0.3, -0.25) is 19.7 Å². The highest BCUT2D eigenvalue weighted by Gasteiger charge is 2.18. The Hall–Kier alpha value is -4.63. The number of aromatic nitrogens is 5. The van der Waals surface area contributed by atoms with E-state index in [1.54, 1.807) is 19.3 Å². The Morgan fingerprint density at radius 2 is 1.86 bits per heavy atom. The number of ketones is 1. The number of aromatic amines is 2. The molecule has 0 bridgehead atoms. The number of thiophene rings is 1. The molecule has 1 aromatic carbocycles. The van der Waals surface area contributed by atoms with Gasteiger partial charge in [0, 0.05) is 45.6 Å². The number of hydrogen-bond donors (Lipinski definition) is 3. The van der Waals surface area contributed by atoms with Gasteiger partial charge in [0.05, 0.1) is 28.0 Å². The Morgan fingerprint density at radius 1 is 0.976 bits per heavy atom. The van der Waals surface area contributed by atoms with Crippen LogP contribution in [0.25, 0.3) is 54.9 Å². The summed E-state index contributed by atoms with van der Waals surface area (Å²) in [7, 11) is 0. The first kappa shape index (κ1) is 26.3. The van der Waals surface area contributed by atoms with Crippen LogP contribution in [-0.2, 0) is 4.79 Å². The van der Waals surface area contributed by atoms with Crippen molar-refractivity contribution in [1.29, 1.82) is 0 Å². The predicted molar refractivity (Wildman–Crippen MR) is 168 cm³/mol. The summed E-state index contributed by atoms with van der Waals surface area (Å²) in [6, 6.07) is 16.0. The molecular formula is C33H30N6O2S. The van der Waals surface area contributed by atoms with Crippen LogP contribution in [0.1, 0.15) is 55.1 Å². The molecule has 0 spiro atoms. The maximum Gasteiger partial charge on any atom is 0.224 e. The maximum absolute atomic E-state index is 12.7. The lowest BCUT2D eigenvalue weighted by Gasteiger charge is -2.20. The van der Waals surface area contributed by atoms with Crippen molar-refractivity contribution in [2.24, 2.45) is 5.92 Å². The molecule has 6 aromatic rings. The highest BCUT2D eigenvalue weighted by atomic mass is 32.1. The van der Waals surface area contributed by atoms with Gasteiger partial charge in [-0.25, -0.2) is 4.98 Å². The van der Waals surface area contributed by atoms with Crippen LogP contribution >= 0.6 is 11.3 Å². The minimum atomic E-state index is 0.0558. The van der Waals surface area contributed by atoms with Crippen LogP contribution in [0.3, 0.4) is 0 Å². The first-order valence-corrected chi connectivity index (χ1v) is 15.2. The molecule has 1 aliphatic rings. The van der Waals surface area contributed by atoms with E-state index in [1.165, 1.54) is 30.6 Å². The minimum Gasteiger partial charge on any atom is -0.338 e. The number of nitrogens with one attached hydrogen (secondary N) is 3. The molecule has 0 atom stereocenters. The van der Waals surface area contributed by atoms with Crippen molar-refractivity contribution in [2.45, 2.75) is 45.4 Å². The summed E-state index contributed by atoms with van der Waals surface area (Å²) in [4.78, 5) is 38.7. The van der Waals surface area contributed by atoms with Gasteiger partial charge >= 0.3 is 0 Å². The molecule has 8 nitrogen and oxygen atoms in total. The van der Waals surface area contributed by atoms with Crippen molar-refractivity contribution in [3.8, 4) is 33.0 Å². The standard InChI is InChI=1S/C33H30N6O2S/c1-19(40)29-9-10-30(42-29)24-11-12-35-33-25(24)16-28(37-33)32-26-15-21(7-8-27(26)38-39-32)22-14-23(18-34-17-22)36-31(41)13-20-5-3-2-4-6-20/h7-12,14-18,20H,2-6,13H2,1H3,(H,35,37)(H,36,41)(H,38,39). The molecule has 1 aliphatic carbocycles. The third kappa shape index (κ3) is 5.12. The van der Waals surface area contributed by atoms with Gasteiger partial charge in [-0.15, -0.1) is 11.3 Å². The zero-order valence-corrected chi connectivity index (χ0v) is 24.1. The number of carbonyl (C=O) groups excluding carboxylic acids is 2. The Kier molecular flexibility index (Phi) is 6.87. The molecule has 1 saturated carbocycles. The van der Waals surface area contributed by atoms with Gasteiger partial charge < -0.3 is 10.3 Å². The summed E-state index contributed by atoms with van der Waals surface area (Å²) in [6.45, 7) is 1.59. The summed E-state index contributed by atoms with van der Waals surface area (Å²) in [5.41, 5.74) is 6.93. The molecule has 5 heterocycles. The summed E-state index contributed by atoms with van der Waals surface area (Å²) in [5.74, 6) is 0.601. The molecule has 5 aromatic heterocycles. The van der Waals surface area contributed by atoms with E-state index in [1.807, 2.05) is 42.6 Å². The van der Waals surface area contributed by atoms with Crippen LogP contribution in [0.15, 0.2) is 67.1 Å². The van der Waals surface area contributed by atoms with Crippen molar-refractivity contribution in [3.63, 3.8) is 0 Å². The number of anilines is 1. The number of pyridine rings is 2. The largest absolute Gasteiger partial charge is 0.338 e. The molecule has 210 valence electrons. The Morgan fingerprint density at radius 3 is 2.69 bits per heavy atom. The Bertz CT molecular complexity index is 1940. The highest BCUT2D eigenvalue weighted by molar-refractivity contribution is 7.17. The molecule has 0 unspecified atom stereocenters. The number of amides is 1. The average Bonchev–Trinajstić information content (AvgIpc) is 3.75. The Labute approximate surface area is 246 Å². The zero-order valence-electron chi connectivity index (χ0n) is 23.2. The van der Waals surface area contributed by atoms with E-state index in [0.29, 0.717) is 18.0 Å². The van der Waals surface area contributed by atoms with Crippen molar-refractivity contribution in [3.05, 3.63) is 72.0 Å². The fraction of sp³-hybridized carbons (Fsp3) is 0.242. The Balaban J connectivity index is 1.19. The number of rotatable bonds is 7. The quantitative estimate of drug-likeness (QED) is 0.167. The lowest BCUT2D eigenvalue weighted by molar-refractivity contribution is -0.117. The molecule has 1 fully saturated rings. The summed E-state index contributed by atoms with van der Waals surface area (Å²) in [5, 5.41) is 12.8. The topological polar surface area (TPSA) is 116 Å². The third-order valence-corrected chi connectivity index (χ3v) is 9.34. The average molecular weight is 575 g/mol.